The van der Waals surface area contributed by atoms with Gasteiger partial charge < -0.3 is 19.7 Å². The minimum absolute atomic E-state index is 0.453. The van der Waals surface area contributed by atoms with Crippen molar-refractivity contribution in [2.45, 2.75) is 52.6 Å². The number of nitrogens with one attached hydrogen (secondary N) is 1. The average Bonchev–Trinajstić information content (AvgIpc) is 3.36. The fourth-order valence-electron chi connectivity index (χ4n) is 5.03. The highest BCUT2D eigenvalue weighted by atomic mass is 16.5. The van der Waals surface area contributed by atoms with Crippen molar-refractivity contribution in [3.05, 3.63) is 35.8 Å². The summed E-state index contributed by atoms with van der Waals surface area (Å²) in [6, 6.07) is 2.67. The van der Waals surface area contributed by atoms with Crippen LogP contribution in [0.15, 0.2) is 24.7 Å². The first-order valence-electron chi connectivity index (χ1n) is 12.2. The van der Waals surface area contributed by atoms with E-state index in [4.69, 9.17) is 19.7 Å². The third-order valence-corrected chi connectivity index (χ3v) is 7.01. The Labute approximate surface area is 201 Å². The summed E-state index contributed by atoms with van der Waals surface area (Å²) < 4.78 is 15.1. The number of ether oxygens (including phenoxy) is 2. The van der Waals surface area contributed by atoms with Gasteiger partial charge in [-0.15, -0.1) is 0 Å². The molecule has 0 saturated carbocycles. The topological polar surface area (TPSA) is 82.3 Å². The van der Waals surface area contributed by atoms with E-state index >= 15 is 0 Å². The summed E-state index contributed by atoms with van der Waals surface area (Å²) >= 11 is 0. The monoisotopic (exact) mass is 465 g/mol. The third-order valence-electron chi connectivity index (χ3n) is 7.01. The summed E-state index contributed by atoms with van der Waals surface area (Å²) in [5.74, 6) is 2.24. The number of rotatable bonds is 6. The maximum absolute atomic E-state index is 5.70. The van der Waals surface area contributed by atoms with Crippen LogP contribution in [0.2, 0.25) is 0 Å². The first-order chi connectivity index (χ1) is 16.5. The lowest BCUT2D eigenvalue weighted by molar-refractivity contribution is 0.140. The van der Waals surface area contributed by atoms with Crippen LogP contribution in [0.3, 0.4) is 0 Å². The first kappa shape index (κ1) is 22.9. The molecule has 0 spiro atoms. The van der Waals surface area contributed by atoms with Crippen LogP contribution in [-0.4, -0.2) is 69.0 Å². The van der Waals surface area contributed by atoms with Crippen LogP contribution in [0.5, 0.6) is 5.88 Å². The van der Waals surface area contributed by atoms with E-state index in [2.05, 4.69) is 39.9 Å². The Morgan fingerprint density at radius 1 is 1.24 bits per heavy atom. The molecule has 3 aromatic heterocycles. The molecule has 2 aliphatic rings. The van der Waals surface area contributed by atoms with Crippen molar-refractivity contribution >= 4 is 5.82 Å². The van der Waals surface area contributed by atoms with E-state index in [-0.39, 0.29) is 0 Å². The summed E-state index contributed by atoms with van der Waals surface area (Å²) in [5.41, 5.74) is 4.99. The van der Waals surface area contributed by atoms with Gasteiger partial charge in [0.1, 0.15) is 18.2 Å². The smallest absolute Gasteiger partial charge is 0.216 e. The Hall–Kier alpha value is -2.91. The molecule has 1 fully saturated rings. The van der Waals surface area contributed by atoms with Gasteiger partial charge in [-0.25, -0.2) is 9.67 Å². The molecule has 1 saturated heterocycles. The van der Waals surface area contributed by atoms with Crippen molar-refractivity contribution in [3.8, 4) is 22.8 Å². The molecule has 0 radical (unpaired) electrons. The lowest BCUT2D eigenvalue weighted by Crippen LogP contribution is -2.39. The van der Waals surface area contributed by atoms with Crippen molar-refractivity contribution in [1.29, 1.82) is 0 Å². The predicted octanol–water partition coefficient (Wildman–Crippen LogP) is 3.51. The van der Waals surface area contributed by atoms with E-state index < -0.39 is 0 Å². The molecule has 0 unspecified atom stereocenters. The second-order valence-electron chi connectivity index (χ2n) is 9.61. The highest BCUT2D eigenvalue weighted by Crippen LogP contribution is 2.33. The molecule has 3 aromatic rings. The Kier molecular flexibility index (Phi) is 6.56. The molecule has 0 bridgehead atoms. The highest BCUT2D eigenvalue weighted by molar-refractivity contribution is 5.70. The normalized spacial score (nSPS) is 17.4. The van der Waals surface area contributed by atoms with E-state index in [9.17, 15) is 0 Å². The van der Waals surface area contributed by atoms with Gasteiger partial charge in [0.25, 0.3) is 0 Å². The van der Waals surface area contributed by atoms with Crippen LogP contribution in [0.4, 0.5) is 5.82 Å². The fourth-order valence-corrected chi connectivity index (χ4v) is 5.03. The number of likely N-dealkylation sites (tertiary alicyclic amines) is 1. The maximum atomic E-state index is 5.70. The zero-order valence-electron chi connectivity index (χ0n) is 20.6. The Balaban J connectivity index is 1.41. The lowest BCUT2D eigenvalue weighted by Gasteiger charge is -2.34. The van der Waals surface area contributed by atoms with Crippen molar-refractivity contribution < 1.29 is 9.47 Å². The molecule has 1 N–H and O–H groups in total. The van der Waals surface area contributed by atoms with Gasteiger partial charge in [-0.2, -0.15) is 10.2 Å². The standard InChI is InChI=1S/C25H35N7O2/c1-17(2)30-8-5-19(6-9-30)14-31-15-20(12-28-31)23-22-7-10-34-16-27-24(22)32(29-23)21-11-18(3)25(33-4)26-13-21/h11-13,15,17,19,27H,5-10,14,16H2,1-4H3. The lowest BCUT2D eigenvalue weighted by atomic mass is 9.96. The van der Waals surface area contributed by atoms with E-state index in [1.807, 2.05) is 23.9 Å². The van der Waals surface area contributed by atoms with Gasteiger partial charge in [-0.1, -0.05) is 0 Å². The fraction of sp³-hybridized carbons (Fsp3) is 0.560. The van der Waals surface area contributed by atoms with Crippen LogP contribution in [0.1, 0.15) is 37.8 Å². The quantitative estimate of drug-likeness (QED) is 0.597. The van der Waals surface area contributed by atoms with Crippen molar-refractivity contribution in [1.82, 2.24) is 29.4 Å². The van der Waals surface area contributed by atoms with Gasteiger partial charge in [0, 0.05) is 41.9 Å². The molecule has 9 nitrogen and oxygen atoms in total. The summed E-state index contributed by atoms with van der Waals surface area (Å²) in [6.45, 7) is 11.0. The van der Waals surface area contributed by atoms with Crippen LogP contribution < -0.4 is 10.1 Å². The summed E-state index contributed by atoms with van der Waals surface area (Å²) in [5, 5.41) is 13.1. The van der Waals surface area contributed by atoms with Crippen molar-refractivity contribution in [2.75, 3.05) is 38.9 Å². The Morgan fingerprint density at radius 2 is 2.06 bits per heavy atom. The van der Waals surface area contributed by atoms with Gasteiger partial charge in [0.2, 0.25) is 5.88 Å². The predicted molar refractivity (Wildman–Crippen MR) is 131 cm³/mol. The number of aromatic nitrogens is 5. The van der Waals surface area contributed by atoms with Crippen LogP contribution in [0.25, 0.3) is 16.9 Å². The maximum Gasteiger partial charge on any atom is 0.216 e. The number of pyridine rings is 1. The number of hydrogen-bond donors (Lipinski definition) is 1. The second-order valence-corrected chi connectivity index (χ2v) is 9.61. The van der Waals surface area contributed by atoms with Crippen LogP contribution >= 0.6 is 0 Å². The molecule has 5 rings (SSSR count). The minimum Gasteiger partial charge on any atom is -0.481 e. The third kappa shape index (κ3) is 4.54. The van der Waals surface area contributed by atoms with Gasteiger partial charge in [-0.05, 0) is 58.7 Å². The molecular weight excluding hydrogens is 430 g/mol. The van der Waals surface area contributed by atoms with Crippen LogP contribution in [-0.2, 0) is 17.7 Å². The number of nitrogens with zero attached hydrogens (tertiary/aromatic N) is 6. The van der Waals surface area contributed by atoms with Crippen molar-refractivity contribution in [3.63, 3.8) is 0 Å². The first-order valence-corrected chi connectivity index (χ1v) is 12.2. The molecule has 0 aromatic carbocycles. The van der Waals surface area contributed by atoms with E-state index in [0.717, 1.165) is 46.9 Å². The molecule has 0 atom stereocenters. The number of methoxy groups -OCH3 is 1. The van der Waals surface area contributed by atoms with Crippen molar-refractivity contribution in [2.24, 2.45) is 5.92 Å². The van der Waals surface area contributed by atoms with Gasteiger partial charge >= 0.3 is 0 Å². The summed E-state index contributed by atoms with van der Waals surface area (Å²) in [4.78, 5) is 7.02. The molecule has 182 valence electrons. The van der Waals surface area contributed by atoms with Gasteiger partial charge in [-0.3, -0.25) is 4.68 Å². The Morgan fingerprint density at radius 3 is 2.79 bits per heavy atom. The number of fused-ring (bicyclic) bond motifs is 1. The average molecular weight is 466 g/mol. The molecule has 2 aliphatic heterocycles. The van der Waals surface area contributed by atoms with Gasteiger partial charge in [0.05, 0.1) is 31.8 Å². The minimum atomic E-state index is 0.453. The zero-order valence-corrected chi connectivity index (χ0v) is 20.6. The molecule has 5 heterocycles. The molecular formula is C25H35N7O2. The molecule has 9 heteroatoms. The number of anilines is 1. The molecule has 34 heavy (non-hydrogen) atoms. The van der Waals surface area contributed by atoms with E-state index in [1.54, 1.807) is 13.3 Å². The Bertz CT molecular complexity index is 1130. The van der Waals surface area contributed by atoms with Gasteiger partial charge in [0.15, 0.2) is 0 Å². The van der Waals surface area contributed by atoms with Crippen LogP contribution in [0, 0.1) is 12.8 Å². The zero-order chi connectivity index (χ0) is 23.7. The molecule has 0 amide bonds. The number of hydrogen-bond acceptors (Lipinski definition) is 7. The number of piperidine rings is 1. The SMILES string of the molecule is COc1ncc(-n2nc(-c3cnn(CC4CCN(C(C)C)CC4)c3)c3c2NCOCC3)cc1C. The second kappa shape index (κ2) is 9.76. The number of aryl methyl sites for hydroxylation is 1. The largest absolute Gasteiger partial charge is 0.481 e. The van der Waals surface area contributed by atoms with E-state index in [0.29, 0.717) is 31.2 Å². The molecule has 0 aliphatic carbocycles. The highest BCUT2D eigenvalue weighted by Gasteiger charge is 2.25. The summed E-state index contributed by atoms with van der Waals surface area (Å²) in [6.07, 6.45) is 9.12. The van der Waals surface area contributed by atoms with E-state index in [1.165, 1.54) is 25.9 Å². The summed E-state index contributed by atoms with van der Waals surface area (Å²) in [7, 11) is 1.64.